The molecular formula is C11H14FN3. The van der Waals surface area contributed by atoms with Gasteiger partial charge in [0.25, 0.3) is 0 Å². The highest BCUT2D eigenvalue weighted by Crippen LogP contribution is 2.38. The van der Waals surface area contributed by atoms with Gasteiger partial charge in [-0.05, 0) is 25.0 Å². The average molecular weight is 207 g/mol. The number of pyridine rings is 1. The minimum absolute atomic E-state index is 0.269. The molecule has 2 fully saturated rings. The molecule has 0 atom stereocenters. The zero-order chi connectivity index (χ0) is 10.3. The van der Waals surface area contributed by atoms with Crippen LogP contribution in [-0.4, -0.2) is 30.2 Å². The Labute approximate surface area is 88.3 Å². The van der Waals surface area contributed by atoms with Crippen LogP contribution in [0.5, 0.6) is 0 Å². The van der Waals surface area contributed by atoms with Crippen molar-refractivity contribution in [3.8, 4) is 0 Å². The van der Waals surface area contributed by atoms with Crippen molar-refractivity contribution in [1.82, 2.24) is 10.3 Å². The number of hydrogen-bond donors (Lipinski definition) is 1. The fraction of sp³-hybridized carbons (Fsp3) is 0.545. The number of nitrogens with zero attached hydrogens (tertiary/aromatic N) is 2. The lowest BCUT2D eigenvalue weighted by Gasteiger charge is -2.34. The monoisotopic (exact) mass is 207 g/mol. The maximum absolute atomic E-state index is 12.7. The number of piperazine rings is 1. The van der Waals surface area contributed by atoms with Crippen LogP contribution in [0.4, 0.5) is 10.2 Å². The van der Waals surface area contributed by atoms with E-state index in [0.29, 0.717) is 5.54 Å². The SMILES string of the molecule is Fc1ccc(N2CCNC3(CC3)C2)nc1. The van der Waals surface area contributed by atoms with Gasteiger partial charge in [0.1, 0.15) is 11.6 Å². The van der Waals surface area contributed by atoms with E-state index in [1.54, 1.807) is 6.07 Å². The summed E-state index contributed by atoms with van der Waals surface area (Å²) in [6.07, 6.45) is 3.80. The summed E-state index contributed by atoms with van der Waals surface area (Å²) >= 11 is 0. The van der Waals surface area contributed by atoms with Crippen molar-refractivity contribution in [2.75, 3.05) is 24.5 Å². The van der Waals surface area contributed by atoms with E-state index < -0.39 is 0 Å². The maximum atomic E-state index is 12.7. The topological polar surface area (TPSA) is 28.2 Å². The second kappa shape index (κ2) is 3.17. The largest absolute Gasteiger partial charge is 0.353 e. The first-order valence-electron chi connectivity index (χ1n) is 5.39. The fourth-order valence-electron chi connectivity index (χ4n) is 2.19. The fourth-order valence-corrected chi connectivity index (χ4v) is 2.19. The van der Waals surface area contributed by atoms with E-state index in [-0.39, 0.29) is 5.82 Å². The summed E-state index contributed by atoms with van der Waals surface area (Å²) in [6.45, 7) is 2.96. The molecule has 2 aliphatic rings. The quantitative estimate of drug-likeness (QED) is 0.749. The molecule has 3 rings (SSSR count). The van der Waals surface area contributed by atoms with Crippen LogP contribution in [0, 0.1) is 5.82 Å². The molecule has 1 N–H and O–H groups in total. The molecule has 1 aliphatic heterocycles. The van der Waals surface area contributed by atoms with Gasteiger partial charge in [-0.2, -0.15) is 0 Å². The Morgan fingerprint density at radius 1 is 1.40 bits per heavy atom. The molecule has 80 valence electrons. The molecule has 0 radical (unpaired) electrons. The molecule has 1 saturated carbocycles. The van der Waals surface area contributed by atoms with E-state index in [2.05, 4.69) is 15.2 Å². The molecule has 1 aliphatic carbocycles. The van der Waals surface area contributed by atoms with Crippen molar-refractivity contribution >= 4 is 5.82 Å². The Kier molecular flexibility index (Phi) is 1.92. The van der Waals surface area contributed by atoms with E-state index in [1.807, 2.05) is 0 Å². The lowest BCUT2D eigenvalue weighted by molar-refractivity contribution is 0.440. The summed E-state index contributed by atoms with van der Waals surface area (Å²) in [7, 11) is 0. The molecule has 1 spiro atoms. The molecule has 15 heavy (non-hydrogen) atoms. The Balaban J connectivity index is 1.78. The van der Waals surface area contributed by atoms with Gasteiger partial charge in [0.2, 0.25) is 0 Å². The van der Waals surface area contributed by atoms with Gasteiger partial charge in [0, 0.05) is 25.2 Å². The minimum atomic E-state index is -0.269. The van der Waals surface area contributed by atoms with Gasteiger partial charge >= 0.3 is 0 Å². The van der Waals surface area contributed by atoms with E-state index in [4.69, 9.17) is 0 Å². The summed E-state index contributed by atoms with van der Waals surface area (Å²) in [4.78, 5) is 6.36. The van der Waals surface area contributed by atoms with Gasteiger partial charge in [-0.15, -0.1) is 0 Å². The van der Waals surface area contributed by atoms with E-state index in [9.17, 15) is 4.39 Å². The number of aromatic nitrogens is 1. The van der Waals surface area contributed by atoms with Gasteiger partial charge < -0.3 is 10.2 Å². The van der Waals surface area contributed by atoms with Gasteiger partial charge in [-0.3, -0.25) is 0 Å². The van der Waals surface area contributed by atoms with Crippen LogP contribution in [0.3, 0.4) is 0 Å². The number of halogens is 1. The average Bonchev–Trinajstić information content (AvgIpc) is 2.99. The second-order valence-corrected chi connectivity index (χ2v) is 4.46. The van der Waals surface area contributed by atoms with Gasteiger partial charge in [-0.25, -0.2) is 9.37 Å². The van der Waals surface area contributed by atoms with Crippen molar-refractivity contribution in [3.05, 3.63) is 24.1 Å². The highest BCUT2D eigenvalue weighted by atomic mass is 19.1. The summed E-state index contributed by atoms with van der Waals surface area (Å²) < 4.78 is 12.7. The third-order valence-corrected chi connectivity index (χ3v) is 3.26. The van der Waals surface area contributed by atoms with Crippen molar-refractivity contribution < 1.29 is 4.39 Å². The first-order chi connectivity index (χ1) is 7.27. The lowest BCUT2D eigenvalue weighted by Crippen LogP contribution is -2.52. The Hall–Kier alpha value is -1.16. The molecule has 1 saturated heterocycles. The number of hydrogen-bond acceptors (Lipinski definition) is 3. The maximum Gasteiger partial charge on any atom is 0.141 e. The molecule has 2 heterocycles. The highest BCUT2D eigenvalue weighted by molar-refractivity contribution is 5.40. The summed E-state index contributed by atoms with van der Waals surface area (Å²) in [5, 5.41) is 3.54. The number of rotatable bonds is 1. The van der Waals surface area contributed by atoms with Crippen LogP contribution in [0.25, 0.3) is 0 Å². The van der Waals surface area contributed by atoms with E-state index in [1.165, 1.54) is 25.1 Å². The highest BCUT2D eigenvalue weighted by Gasteiger charge is 2.45. The van der Waals surface area contributed by atoms with E-state index in [0.717, 1.165) is 25.5 Å². The van der Waals surface area contributed by atoms with Crippen LogP contribution in [-0.2, 0) is 0 Å². The number of anilines is 1. The predicted octanol–water partition coefficient (Wildman–Crippen LogP) is 1.16. The second-order valence-electron chi connectivity index (χ2n) is 4.46. The van der Waals surface area contributed by atoms with Crippen LogP contribution in [0.1, 0.15) is 12.8 Å². The molecule has 0 unspecified atom stereocenters. The molecule has 1 aromatic heterocycles. The lowest BCUT2D eigenvalue weighted by atomic mass is 10.2. The molecule has 3 nitrogen and oxygen atoms in total. The predicted molar refractivity (Wildman–Crippen MR) is 56.4 cm³/mol. The standard InChI is InChI=1S/C11H14FN3/c12-9-1-2-10(13-7-9)15-6-5-14-11(8-15)3-4-11/h1-2,7,14H,3-6,8H2. The Morgan fingerprint density at radius 3 is 2.93 bits per heavy atom. The normalized spacial score (nSPS) is 23.1. The van der Waals surface area contributed by atoms with Gasteiger partial charge in [0.05, 0.1) is 6.20 Å². The van der Waals surface area contributed by atoms with Crippen molar-refractivity contribution in [2.24, 2.45) is 0 Å². The summed E-state index contributed by atoms with van der Waals surface area (Å²) in [6, 6.07) is 3.24. The molecule has 1 aromatic rings. The number of nitrogens with one attached hydrogen (secondary N) is 1. The zero-order valence-electron chi connectivity index (χ0n) is 8.54. The molecule has 0 amide bonds. The third kappa shape index (κ3) is 1.69. The third-order valence-electron chi connectivity index (χ3n) is 3.26. The van der Waals surface area contributed by atoms with Crippen molar-refractivity contribution in [3.63, 3.8) is 0 Å². The molecule has 0 bridgehead atoms. The zero-order valence-corrected chi connectivity index (χ0v) is 8.54. The van der Waals surface area contributed by atoms with Crippen LogP contribution in [0.2, 0.25) is 0 Å². The smallest absolute Gasteiger partial charge is 0.141 e. The summed E-state index contributed by atoms with van der Waals surface area (Å²) in [5.74, 6) is 0.624. The Morgan fingerprint density at radius 2 is 2.27 bits per heavy atom. The van der Waals surface area contributed by atoms with Crippen LogP contribution < -0.4 is 10.2 Å². The van der Waals surface area contributed by atoms with E-state index >= 15 is 0 Å². The van der Waals surface area contributed by atoms with Gasteiger partial charge in [0.15, 0.2) is 0 Å². The first kappa shape index (κ1) is 9.09. The molecule has 4 heteroatoms. The molecular weight excluding hydrogens is 193 g/mol. The van der Waals surface area contributed by atoms with Crippen LogP contribution in [0.15, 0.2) is 18.3 Å². The van der Waals surface area contributed by atoms with Crippen molar-refractivity contribution in [2.45, 2.75) is 18.4 Å². The van der Waals surface area contributed by atoms with Gasteiger partial charge in [-0.1, -0.05) is 0 Å². The van der Waals surface area contributed by atoms with Crippen LogP contribution >= 0.6 is 0 Å². The van der Waals surface area contributed by atoms with Crippen molar-refractivity contribution in [1.29, 1.82) is 0 Å². The minimum Gasteiger partial charge on any atom is -0.353 e. The first-order valence-corrected chi connectivity index (χ1v) is 5.39. The molecule has 0 aromatic carbocycles. The summed E-state index contributed by atoms with van der Waals surface area (Å²) in [5.41, 5.74) is 0.342. The Bertz CT molecular complexity index is 359.